The summed E-state index contributed by atoms with van der Waals surface area (Å²) in [5.41, 5.74) is -0.108. The zero-order valence-electron chi connectivity index (χ0n) is 13.6. The van der Waals surface area contributed by atoms with Gasteiger partial charge in [-0.05, 0) is 58.9 Å². The number of rotatable bonds is 4. The number of likely N-dealkylation sites (tertiary alicyclic amines) is 1. The highest BCUT2D eigenvalue weighted by atomic mass is 16.2. The third-order valence-electron chi connectivity index (χ3n) is 6.46. The molecule has 1 heterocycles. The Morgan fingerprint density at radius 2 is 2.00 bits per heavy atom. The quantitative estimate of drug-likeness (QED) is 0.793. The molecule has 2 bridgehead atoms. The first-order chi connectivity index (χ1) is 10.4. The molecule has 3 fully saturated rings. The molecule has 0 radical (unpaired) electrons. The van der Waals surface area contributed by atoms with Crippen molar-refractivity contribution in [3.8, 4) is 6.07 Å². The number of likely N-dealkylation sites (N-methyl/N-ethyl adjacent to an activating group) is 1. The van der Waals surface area contributed by atoms with Crippen molar-refractivity contribution in [3.63, 3.8) is 0 Å². The molecule has 0 aromatic heterocycles. The molecule has 0 spiro atoms. The molecule has 3 rings (SSSR count). The molecule has 5 heteroatoms. The average molecular weight is 303 g/mol. The van der Waals surface area contributed by atoms with Crippen LogP contribution in [0.4, 0.5) is 0 Å². The standard InChI is InChI=1S/C17H25N3O2/c1-13(21)16-5-7-17(12-16,8-6-16)19(2)11-15(22)20-9-3-4-14(20)10-18/h14H,3-9,11-12H2,1-2H3. The highest BCUT2D eigenvalue weighted by Crippen LogP contribution is 2.59. The average Bonchev–Trinajstić information content (AvgIpc) is 3.21. The van der Waals surface area contributed by atoms with Crippen molar-refractivity contribution < 1.29 is 9.59 Å². The van der Waals surface area contributed by atoms with Crippen LogP contribution in [-0.4, -0.2) is 53.2 Å². The Kier molecular flexibility index (Phi) is 3.76. The van der Waals surface area contributed by atoms with E-state index in [-0.39, 0.29) is 22.9 Å². The number of nitrogens with zero attached hydrogens (tertiary/aromatic N) is 3. The lowest BCUT2D eigenvalue weighted by molar-refractivity contribution is -0.133. The number of carbonyl (C=O) groups is 2. The number of ketones is 1. The van der Waals surface area contributed by atoms with Gasteiger partial charge < -0.3 is 4.90 Å². The smallest absolute Gasteiger partial charge is 0.237 e. The maximum atomic E-state index is 12.5. The van der Waals surface area contributed by atoms with Crippen molar-refractivity contribution in [2.75, 3.05) is 20.1 Å². The molecule has 0 N–H and O–H groups in total. The van der Waals surface area contributed by atoms with Gasteiger partial charge in [-0.3, -0.25) is 14.5 Å². The summed E-state index contributed by atoms with van der Waals surface area (Å²) >= 11 is 0. The number of nitriles is 1. The van der Waals surface area contributed by atoms with Gasteiger partial charge in [-0.25, -0.2) is 0 Å². The topological polar surface area (TPSA) is 64.4 Å². The number of hydrogen-bond donors (Lipinski definition) is 0. The molecule has 2 aliphatic carbocycles. The van der Waals surface area contributed by atoms with Gasteiger partial charge in [-0.2, -0.15) is 5.26 Å². The van der Waals surface area contributed by atoms with Crippen LogP contribution in [-0.2, 0) is 9.59 Å². The summed E-state index contributed by atoms with van der Waals surface area (Å²) in [6, 6.07) is 1.98. The van der Waals surface area contributed by atoms with E-state index in [9.17, 15) is 9.59 Å². The monoisotopic (exact) mass is 303 g/mol. The zero-order chi connectivity index (χ0) is 16.0. The van der Waals surface area contributed by atoms with Crippen molar-refractivity contribution in [3.05, 3.63) is 0 Å². The Morgan fingerprint density at radius 1 is 1.32 bits per heavy atom. The Labute approximate surface area is 132 Å². The Hall–Kier alpha value is -1.41. The predicted octanol–water partition coefficient (Wildman–Crippen LogP) is 1.72. The fourth-order valence-electron chi connectivity index (χ4n) is 4.83. The summed E-state index contributed by atoms with van der Waals surface area (Å²) < 4.78 is 0. The van der Waals surface area contributed by atoms with Crippen LogP contribution in [0.5, 0.6) is 0 Å². The van der Waals surface area contributed by atoms with E-state index in [0.29, 0.717) is 18.9 Å². The molecule has 5 nitrogen and oxygen atoms in total. The number of amides is 1. The number of carbonyl (C=O) groups excluding carboxylic acids is 2. The van der Waals surface area contributed by atoms with Crippen LogP contribution in [0, 0.1) is 16.7 Å². The van der Waals surface area contributed by atoms with Gasteiger partial charge in [0.1, 0.15) is 11.8 Å². The van der Waals surface area contributed by atoms with E-state index in [1.807, 2.05) is 7.05 Å². The van der Waals surface area contributed by atoms with Gasteiger partial charge in [0.25, 0.3) is 0 Å². The highest BCUT2D eigenvalue weighted by molar-refractivity contribution is 5.84. The minimum atomic E-state index is -0.248. The fraction of sp³-hybridized carbons (Fsp3) is 0.824. The summed E-state index contributed by atoms with van der Waals surface area (Å²) in [7, 11) is 2.01. The first kappa shape index (κ1) is 15.5. The molecule has 1 amide bonds. The van der Waals surface area contributed by atoms with Crippen LogP contribution in [0.25, 0.3) is 0 Å². The van der Waals surface area contributed by atoms with Crippen molar-refractivity contribution >= 4 is 11.7 Å². The third kappa shape index (κ3) is 2.25. The van der Waals surface area contributed by atoms with E-state index in [0.717, 1.165) is 44.9 Å². The fourth-order valence-corrected chi connectivity index (χ4v) is 4.83. The zero-order valence-corrected chi connectivity index (χ0v) is 13.6. The Morgan fingerprint density at radius 3 is 2.55 bits per heavy atom. The molecule has 3 aliphatic rings. The van der Waals surface area contributed by atoms with Gasteiger partial charge in [0.05, 0.1) is 12.6 Å². The third-order valence-corrected chi connectivity index (χ3v) is 6.46. The second kappa shape index (κ2) is 5.34. The van der Waals surface area contributed by atoms with E-state index < -0.39 is 0 Å². The molecule has 0 aromatic carbocycles. The summed E-state index contributed by atoms with van der Waals surface area (Å²) in [6.45, 7) is 2.79. The predicted molar refractivity (Wildman–Crippen MR) is 81.9 cm³/mol. The maximum absolute atomic E-state index is 12.5. The van der Waals surface area contributed by atoms with Crippen LogP contribution < -0.4 is 0 Å². The Balaban J connectivity index is 1.66. The van der Waals surface area contributed by atoms with E-state index in [2.05, 4.69) is 11.0 Å². The molecule has 1 saturated heterocycles. The highest BCUT2D eigenvalue weighted by Gasteiger charge is 2.58. The second-order valence-corrected chi connectivity index (χ2v) is 7.47. The van der Waals surface area contributed by atoms with Gasteiger partial charge in [0, 0.05) is 17.5 Å². The molecular weight excluding hydrogens is 278 g/mol. The van der Waals surface area contributed by atoms with Crippen LogP contribution in [0.3, 0.4) is 0 Å². The summed E-state index contributed by atoms with van der Waals surface area (Å²) in [5.74, 6) is 0.379. The summed E-state index contributed by atoms with van der Waals surface area (Å²) in [6.07, 6.45) is 6.57. The van der Waals surface area contributed by atoms with E-state index in [4.69, 9.17) is 5.26 Å². The van der Waals surface area contributed by atoms with Crippen LogP contribution in [0.2, 0.25) is 0 Å². The van der Waals surface area contributed by atoms with Crippen LogP contribution in [0.15, 0.2) is 0 Å². The lowest BCUT2D eigenvalue weighted by Gasteiger charge is -2.37. The SMILES string of the molecule is CC(=O)C12CCC(N(C)CC(=O)N3CCCC3C#N)(CC1)C2. The molecular formula is C17H25N3O2. The van der Waals surface area contributed by atoms with Gasteiger partial charge >= 0.3 is 0 Å². The largest absolute Gasteiger partial charge is 0.326 e. The minimum absolute atomic E-state index is 0.0171. The first-order valence-electron chi connectivity index (χ1n) is 8.34. The number of hydrogen-bond acceptors (Lipinski definition) is 4. The molecule has 1 unspecified atom stereocenters. The van der Waals surface area contributed by atoms with Gasteiger partial charge in [0.15, 0.2) is 0 Å². The lowest BCUT2D eigenvalue weighted by atomic mass is 9.81. The maximum Gasteiger partial charge on any atom is 0.237 e. The molecule has 120 valence electrons. The Bertz CT molecular complexity index is 529. The van der Waals surface area contributed by atoms with Gasteiger partial charge in [0.2, 0.25) is 5.91 Å². The molecule has 1 atom stereocenters. The van der Waals surface area contributed by atoms with Crippen LogP contribution in [0.1, 0.15) is 51.9 Å². The van der Waals surface area contributed by atoms with Crippen LogP contribution >= 0.6 is 0 Å². The minimum Gasteiger partial charge on any atom is -0.326 e. The lowest BCUT2D eigenvalue weighted by Crippen LogP contribution is -2.49. The number of fused-ring (bicyclic) bond motifs is 2. The number of Topliss-reactive ketones (excluding diaryl/α,β-unsaturated/α-hetero) is 1. The molecule has 0 aromatic rings. The van der Waals surface area contributed by atoms with Crippen molar-refractivity contribution in [1.29, 1.82) is 5.26 Å². The van der Waals surface area contributed by atoms with Crippen molar-refractivity contribution in [2.24, 2.45) is 5.41 Å². The van der Waals surface area contributed by atoms with E-state index >= 15 is 0 Å². The first-order valence-corrected chi connectivity index (χ1v) is 8.34. The summed E-state index contributed by atoms with van der Waals surface area (Å²) in [5, 5.41) is 9.13. The van der Waals surface area contributed by atoms with Crippen molar-refractivity contribution in [1.82, 2.24) is 9.80 Å². The van der Waals surface area contributed by atoms with E-state index in [1.54, 1.807) is 11.8 Å². The normalized spacial score (nSPS) is 36.8. The van der Waals surface area contributed by atoms with Gasteiger partial charge in [-0.15, -0.1) is 0 Å². The molecule has 1 aliphatic heterocycles. The van der Waals surface area contributed by atoms with Crippen molar-refractivity contribution in [2.45, 2.75) is 63.5 Å². The molecule has 22 heavy (non-hydrogen) atoms. The van der Waals surface area contributed by atoms with Gasteiger partial charge in [-0.1, -0.05) is 0 Å². The summed E-state index contributed by atoms with van der Waals surface area (Å²) in [4.78, 5) is 28.4. The van der Waals surface area contributed by atoms with E-state index in [1.165, 1.54) is 0 Å². The second-order valence-electron chi connectivity index (χ2n) is 7.47. The molecule has 2 saturated carbocycles.